The number of amides is 1. The topological polar surface area (TPSA) is 45.2 Å². The first-order chi connectivity index (χ1) is 14.2. The zero-order valence-electron chi connectivity index (χ0n) is 16.2. The number of hydrogen-bond donors (Lipinski definition) is 1. The van der Waals surface area contributed by atoms with Crippen molar-refractivity contribution in [3.8, 4) is 11.3 Å². The van der Waals surface area contributed by atoms with Gasteiger partial charge in [-0.15, -0.1) is 0 Å². The van der Waals surface area contributed by atoms with Crippen molar-refractivity contribution in [3.05, 3.63) is 89.1 Å². The van der Waals surface area contributed by atoms with Crippen LogP contribution in [0.25, 0.3) is 11.3 Å². The highest BCUT2D eigenvalue weighted by Gasteiger charge is 2.21. The van der Waals surface area contributed by atoms with Crippen LogP contribution in [0.5, 0.6) is 0 Å². The summed E-state index contributed by atoms with van der Waals surface area (Å²) in [5.74, 6) is -0.0230. The normalized spacial score (nSPS) is 15.2. The lowest BCUT2D eigenvalue weighted by Crippen LogP contribution is -2.44. The maximum absolute atomic E-state index is 12.6. The molecule has 1 aliphatic heterocycles. The van der Waals surface area contributed by atoms with Gasteiger partial charge < -0.3 is 5.32 Å². The molecular weight excluding hydrogens is 382 g/mol. The highest BCUT2D eigenvalue weighted by Crippen LogP contribution is 2.25. The zero-order chi connectivity index (χ0) is 20.1. The van der Waals surface area contributed by atoms with Crippen LogP contribution in [-0.2, 0) is 6.54 Å². The number of nitrogens with zero attached hydrogens (tertiary/aromatic N) is 2. The average Bonchev–Trinajstić information content (AvgIpc) is 2.76. The van der Waals surface area contributed by atoms with Gasteiger partial charge in [0.25, 0.3) is 5.91 Å². The zero-order valence-corrected chi connectivity index (χ0v) is 17.0. The Hall–Kier alpha value is -2.69. The number of carbonyl (C=O) groups is 1. The first-order valence-electron chi connectivity index (χ1n) is 9.97. The minimum absolute atomic E-state index is 0.0230. The minimum atomic E-state index is -0.0230. The standard InChI is InChI=1S/C24H24ClN3O/c25-22-7-4-14-26-23(22)19-8-10-20(11-9-19)24(29)27-21-12-15-28(16-13-21)17-18-5-2-1-3-6-18/h1-11,14,21H,12-13,15-17H2,(H,27,29). The van der Waals surface area contributed by atoms with Crippen molar-refractivity contribution in [1.29, 1.82) is 0 Å². The van der Waals surface area contributed by atoms with E-state index < -0.39 is 0 Å². The van der Waals surface area contributed by atoms with Crippen molar-refractivity contribution in [2.45, 2.75) is 25.4 Å². The van der Waals surface area contributed by atoms with Crippen LogP contribution in [-0.4, -0.2) is 34.9 Å². The Morgan fingerprint density at radius 3 is 2.41 bits per heavy atom. The Kier molecular flexibility index (Phi) is 6.23. The minimum Gasteiger partial charge on any atom is -0.349 e. The molecule has 1 aromatic heterocycles. The molecule has 1 fully saturated rings. The summed E-state index contributed by atoms with van der Waals surface area (Å²) < 4.78 is 0. The summed E-state index contributed by atoms with van der Waals surface area (Å²) >= 11 is 6.21. The van der Waals surface area contributed by atoms with Gasteiger partial charge in [0.2, 0.25) is 0 Å². The number of halogens is 1. The Bertz CT molecular complexity index is 951. The van der Waals surface area contributed by atoms with Crippen molar-refractivity contribution in [2.24, 2.45) is 0 Å². The summed E-state index contributed by atoms with van der Waals surface area (Å²) in [6.45, 7) is 2.97. The van der Waals surface area contributed by atoms with Gasteiger partial charge in [-0.25, -0.2) is 0 Å². The second kappa shape index (κ2) is 9.21. The van der Waals surface area contributed by atoms with E-state index in [1.807, 2.05) is 36.4 Å². The second-order valence-corrected chi connectivity index (χ2v) is 7.83. The van der Waals surface area contributed by atoms with Gasteiger partial charge in [-0.2, -0.15) is 0 Å². The molecule has 1 N–H and O–H groups in total. The molecule has 29 heavy (non-hydrogen) atoms. The number of benzene rings is 2. The molecule has 148 valence electrons. The molecule has 0 aliphatic carbocycles. The van der Waals surface area contributed by atoms with Crippen molar-refractivity contribution in [1.82, 2.24) is 15.2 Å². The first kappa shape index (κ1) is 19.6. The summed E-state index contributed by atoms with van der Waals surface area (Å²) in [5, 5.41) is 3.79. The molecule has 2 heterocycles. The third-order valence-corrected chi connectivity index (χ3v) is 5.66. The Morgan fingerprint density at radius 2 is 1.72 bits per heavy atom. The number of aromatic nitrogens is 1. The third-order valence-electron chi connectivity index (χ3n) is 5.35. The number of hydrogen-bond acceptors (Lipinski definition) is 3. The van der Waals surface area contributed by atoms with E-state index in [1.165, 1.54) is 5.56 Å². The van der Waals surface area contributed by atoms with E-state index >= 15 is 0 Å². The van der Waals surface area contributed by atoms with E-state index in [-0.39, 0.29) is 11.9 Å². The fourth-order valence-corrected chi connectivity index (χ4v) is 3.95. The monoisotopic (exact) mass is 405 g/mol. The molecular formula is C24H24ClN3O. The molecule has 0 bridgehead atoms. The van der Waals surface area contributed by atoms with Crippen LogP contribution in [0.15, 0.2) is 72.9 Å². The predicted octanol–water partition coefficient (Wildman–Crippen LogP) is 4.80. The Labute approximate surface area is 176 Å². The fourth-order valence-electron chi connectivity index (χ4n) is 3.72. The predicted molar refractivity (Wildman–Crippen MR) is 117 cm³/mol. The van der Waals surface area contributed by atoms with Crippen LogP contribution in [0, 0.1) is 0 Å². The maximum atomic E-state index is 12.6. The molecule has 0 saturated carbocycles. The van der Waals surface area contributed by atoms with Gasteiger partial charge in [-0.1, -0.05) is 54.1 Å². The lowest BCUT2D eigenvalue weighted by atomic mass is 10.0. The molecule has 4 nitrogen and oxygen atoms in total. The molecule has 3 aromatic rings. The summed E-state index contributed by atoms with van der Waals surface area (Å²) in [4.78, 5) is 19.4. The van der Waals surface area contributed by atoms with Crippen LogP contribution in [0.1, 0.15) is 28.8 Å². The number of likely N-dealkylation sites (tertiary alicyclic amines) is 1. The summed E-state index contributed by atoms with van der Waals surface area (Å²) in [6.07, 6.45) is 3.66. The van der Waals surface area contributed by atoms with E-state index in [9.17, 15) is 4.79 Å². The van der Waals surface area contributed by atoms with Gasteiger partial charge in [0.15, 0.2) is 0 Å². The van der Waals surface area contributed by atoms with Crippen LogP contribution in [0.3, 0.4) is 0 Å². The van der Waals surface area contributed by atoms with Crippen molar-refractivity contribution >= 4 is 17.5 Å². The van der Waals surface area contributed by atoms with E-state index in [4.69, 9.17) is 11.6 Å². The van der Waals surface area contributed by atoms with Crippen LogP contribution in [0.4, 0.5) is 0 Å². The quantitative estimate of drug-likeness (QED) is 0.663. The van der Waals surface area contributed by atoms with Gasteiger partial charge in [0.05, 0.1) is 10.7 Å². The molecule has 0 radical (unpaired) electrons. The van der Waals surface area contributed by atoms with Gasteiger partial charge in [0.1, 0.15) is 0 Å². The molecule has 1 aliphatic rings. The maximum Gasteiger partial charge on any atom is 0.251 e. The number of carbonyl (C=O) groups excluding carboxylic acids is 1. The molecule has 1 saturated heterocycles. The van der Waals surface area contributed by atoms with E-state index in [0.717, 1.165) is 43.7 Å². The highest BCUT2D eigenvalue weighted by atomic mass is 35.5. The lowest BCUT2D eigenvalue weighted by Gasteiger charge is -2.32. The largest absolute Gasteiger partial charge is 0.349 e. The van der Waals surface area contributed by atoms with Crippen molar-refractivity contribution in [2.75, 3.05) is 13.1 Å². The van der Waals surface area contributed by atoms with Gasteiger partial charge >= 0.3 is 0 Å². The molecule has 5 heteroatoms. The lowest BCUT2D eigenvalue weighted by molar-refractivity contribution is 0.0909. The molecule has 0 atom stereocenters. The van der Waals surface area contributed by atoms with Crippen molar-refractivity contribution in [3.63, 3.8) is 0 Å². The molecule has 0 unspecified atom stereocenters. The number of nitrogens with one attached hydrogen (secondary N) is 1. The summed E-state index contributed by atoms with van der Waals surface area (Å²) in [7, 11) is 0. The fraction of sp³-hybridized carbons (Fsp3) is 0.250. The highest BCUT2D eigenvalue weighted by molar-refractivity contribution is 6.33. The van der Waals surface area contributed by atoms with Crippen molar-refractivity contribution < 1.29 is 4.79 Å². The number of piperidine rings is 1. The summed E-state index contributed by atoms with van der Waals surface area (Å²) in [6, 6.07) is 21.8. The SMILES string of the molecule is O=C(NC1CCN(Cc2ccccc2)CC1)c1ccc(-c2ncccc2Cl)cc1. The summed E-state index contributed by atoms with van der Waals surface area (Å²) in [5.41, 5.74) is 3.63. The van der Waals surface area contributed by atoms with E-state index in [2.05, 4.69) is 39.5 Å². The first-order valence-corrected chi connectivity index (χ1v) is 10.3. The molecule has 4 rings (SSSR count). The van der Waals surface area contributed by atoms with Gasteiger partial charge in [-0.05, 0) is 42.7 Å². The van der Waals surface area contributed by atoms with Crippen LogP contribution < -0.4 is 5.32 Å². The van der Waals surface area contributed by atoms with E-state index in [1.54, 1.807) is 12.3 Å². The molecule has 1 amide bonds. The third kappa shape index (κ3) is 5.03. The Balaban J connectivity index is 1.30. The van der Waals surface area contributed by atoms with Crippen LogP contribution >= 0.6 is 11.6 Å². The van der Waals surface area contributed by atoms with Gasteiger partial charge in [0, 0.05) is 43.0 Å². The smallest absolute Gasteiger partial charge is 0.251 e. The second-order valence-electron chi connectivity index (χ2n) is 7.42. The Morgan fingerprint density at radius 1 is 1.00 bits per heavy atom. The number of pyridine rings is 1. The van der Waals surface area contributed by atoms with Crippen LogP contribution in [0.2, 0.25) is 5.02 Å². The van der Waals surface area contributed by atoms with Gasteiger partial charge in [-0.3, -0.25) is 14.7 Å². The average molecular weight is 406 g/mol. The molecule has 2 aromatic carbocycles. The molecule has 0 spiro atoms. The van der Waals surface area contributed by atoms with E-state index in [0.29, 0.717) is 10.6 Å². The number of rotatable bonds is 5.